The van der Waals surface area contributed by atoms with Gasteiger partial charge in [0.25, 0.3) is 0 Å². The molecule has 5 heteroatoms. The van der Waals surface area contributed by atoms with Crippen molar-refractivity contribution in [2.45, 2.75) is 19.9 Å². The van der Waals surface area contributed by atoms with E-state index in [-0.39, 0.29) is 6.04 Å². The zero-order valence-electron chi connectivity index (χ0n) is 14.6. The van der Waals surface area contributed by atoms with Crippen LogP contribution in [-0.4, -0.2) is 33.1 Å². The van der Waals surface area contributed by atoms with E-state index in [9.17, 15) is 4.39 Å². The van der Waals surface area contributed by atoms with Gasteiger partial charge in [0, 0.05) is 17.7 Å². The highest BCUT2D eigenvalue weighted by molar-refractivity contribution is 6.16. The lowest BCUT2D eigenvalue weighted by atomic mass is 9.99. The van der Waals surface area contributed by atoms with Crippen molar-refractivity contribution in [2.24, 2.45) is 4.99 Å². The van der Waals surface area contributed by atoms with Gasteiger partial charge in [0.2, 0.25) is 0 Å². The molecule has 0 N–H and O–H groups in total. The molecule has 0 amide bonds. The first-order chi connectivity index (χ1) is 11.5. The second-order valence-electron chi connectivity index (χ2n) is 5.45. The molecule has 0 saturated heterocycles. The Morgan fingerprint density at radius 3 is 2.25 bits per heavy atom. The van der Waals surface area contributed by atoms with Crippen LogP contribution in [0.3, 0.4) is 0 Å². The number of methoxy groups -OCH3 is 3. The molecule has 0 unspecified atom stereocenters. The van der Waals surface area contributed by atoms with E-state index in [4.69, 9.17) is 14.2 Å². The van der Waals surface area contributed by atoms with Crippen LogP contribution in [0.4, 0.5) is 4.39 Å². The van der Waals surface area contributed by atoms with E-state index in [2.05, 4.69) is 4.99 Å². The van der Waals surface area contributed by atoms with E-state index in [1.54, 1.807) is 38.5 Å². The Hall–Kier alpha value is -2.56. The minimum Gasteiger partial charge on any atom is -0.497 e. The lowest BCUT2D eigenvalue weighted by molar-refractivity contribution is 0.393. The van der Waals surface area contributed by atoms with E-state index in [1.807, 2.05) is 19.9 Å². The highest BCUT2D eigenvalue weighted by Gasteiger charge is 2.21. The zero-order chi connectivity index (χ0) is 17.7. The third-order valence-electron chi connectivity index (χ3n) is 3.48. The maximum absolute atomic E-state index is 14.6. The van der Waals surface area contributed by atoms with Crippen LogP contribution in [0.5, 0.6) is 17.2 Å². The minimum absolute atomic E-state index is 0.0314. The molecule has 0 aliphatic carbocycles. The summed E-state index contributed by atoms with van der Waals surface area (Å²) in [5.41, 5.74) is 1.48. The van der Waals surface area contributed by atoms with E-state index >= 15 is 0 Å². The van der Waals surface area contributed by atoms with Gasteiger partial charge in [-0.25, -0.2) is 4.39 Å². The molecule has 24 heavy (non-hydrogen) atoms. The Labute approximate surface area is 141 Å². The van der Waals surface area contributed by atoms with Crippen molar-refractivity contribution in [3.63, 3.8) is 0 Å². The average molecular weight is 331 g/mol. The molecule has 2 aromatic rings. The van der Waals surface area contributed by atoms with Crippen molar-refractivity contribution < 1.29 is 18.6 Å². The van der Waals surface area contributed by atoms with Crippen LogP contribution >= 0.6 is 0 Å². The molecule has 0 fully saturated rings. The molecule has 0 heterocycles. The van der Waals surface area contributed by atoms with Crippen molar-refractivity contribution in [1.29, 1.82) is 0 Å². The van der Waals surface area contributed by atoms with Gasteiger partial charge < -0.3 is 14.2 Å². The third-order valence-corrected chi connectivity index (χ3v) is 3.48. The molecule has 0 atom stereocenters. The van der Waals surface area contributed by atoms with Gasteiger partial charge in [-0.2, -0.15) is 0 Å². The van der Waals surface area contributed by atoms with Gasteiger partial charge in [0.05, 0.1) is 32.6 Å². The molecule has 128 valence electrons. The molecule has 0 spiro atoms. The fourth-order valence-electron chi connectivity index (χ4n) is 2.43. The molecular weight excluding hydrogens is 309 g/mol. The SMILES string of the molecule is COc1ccc(C(=NC(C)C)c2c(F)cccc2OC)c(OC)c1. The van der Waals surface area contributed by atoms with Gasteiger partial charge >= 0.3 is 0 Å². The molecule has 0 aliphatic rings. The van der Waals surface area contributed by atoms with Crippen LogP contribution in [0.1, 0.15) is 25.0 Å². The Bertz CT molecular complexity index is 741. The smallest absolute Gasteiger partial charge is 0.136 e. The molecule has 0 bridgehead atoms. The van der Waals surface area contributed by atoms with E-state index < -0.39 is 5.82 Å². The number of aliphatic imine (C=N–C) groups is 1. The van der Waals surface area contributed by atoms with Crippen molar-refractivity contribution in [2.75, 3.05) is 21.3 Å². The number of hydrogen-bond donors (Lipinski definition) is 0. The number of ether oxygens (including phenoxy) is 3. The normalized spacial score (nSPS) is 11.5. The highest BCUT2D eigenvalue weighted by Crippen LogP contribution is 2.31. The van der Waals surface area contributed by atoms with Gasteiger partial charge in [0.15, 0.2) is 0 Å². The first-order valence-electron chi connectivity index (χ1n) is 7.64. The maximum Gasteiger partial charge on any atom is 0.136 e. The van der Waals surface area contributed by atoms with E-state index in [0.29, 0.717) is 34.1 Å². The summed E-state index contributed by atoms with van der Waals surface area (Å²) in [5, 5.41) is 0. The Balaban J connectivity index is 2.73. The second kappa shape index (κ2) is 7.81. The molecular formula is C19H22FNO3. The molecule has 0 saturated carbocycles. The summed E-state index contributed by atoms with van der Waals surface area (Å²) in [4.78, 5) is 4.63. The fraction of sp³-hybridized carbons (Fsp3) is 0.316. The first-order valence-corrected chi connectivity index (χ1v) is 7.64. The average Bonchev–Trinajstić information content (AvgIpc) is 2.59. The summed E-state index contributed by atoms with van der Waals surface area (Å²) in [5.74, 6) is 1.23. The topological polar surface area (TPSA) is 40.0 Å². The number of halogens is 1. The highest BCUT2D eigenvalue weighted by atomic mass is 19.1. The van der Waals surface area contributed by atoms with E-state index in [0.717, 1.165) is 0 Å². The minimum atomic E-state index is -0.397. The van der Waals surface area contributed by atoms with Crippen molar-refractivity contribution >= 4 is 5.71 Å². The Kier molecular flexibility index (Phi) is 5.79. The third kappa shape index (κ3) is 3.67. The lowest BCUT2D eigenvalue weighted by Gasteiger charge is -2.17. The second-order valence-corrected chi connectivity index (χ2v) is 5.45. The largest absolute Gasteiger partial charge is 0.497 e. The summed E-state index contributed by atoms with van der Waals surface area (Å²) >= 11 is 0. The summed E-state index contributed by atoms with van der Waals surface area (Å²) in [7, 11) is 4.65. The van der Waals surface area contributed by atoms with Gasteiger partial charge in [-0.05, 0) is 38.1 Å². The van der Waals surface area contributed by atoms with Crippen molar-refractivity contribution in [3.05, 3.63) is 53.3 Å². The first kappa shape index (κ1) is 17.8. The van der Waals surface area contributed by atoms with Gasteiger partial charge in [0.1, 0.15) is 23.1 Å². The number of rotatable bonds is 6. The maximum atomic E-state index is 14.6. The monoisotopic (exact) mass is 331 g/mol. The standard InChI is InChI=1S/C19H22FNO3/c1-12(2)21-19(18-15(20)7-6-8-16(18)23-4)14-10-9-13(22-3)11-17(14)24-5/h6-12H,1-5H3. The summed E-state index contributed by atoms with van der Waals surface area (Å²) in [6.45, 7) is 3.87. The molecule has 2 rings (SSSR count). The van der Waals surface area contributed by atoms with Crippen molar-refractivity contribution in [1.82, 2.24) is 0 Å². The number of nitrogens with zero attached hydrogens (tertiary/aromatic N) is 1. The van der Waals surface area contributed by atoms with Gasteiger partial charge in [-0.15, -0.1) is 0 Å². The van der Waals surface area contributed by atoms with Crippen LogP contribution < -0.4 is 14.2 Å². The Morgan fingerprint density at radius 2 is 1.67 bits per heavy atom. The van der Waals surface area contributed by atoms with Gasteiger partial charge in [-0.1, -0.05) is 6.07 Å². The zero-order valence-corrected chi connectivity index (χ0v) is 14.6. The van der Waals surface area contributed by atoms with Gasteiger partial charge in [-0.3, -0.25) is 4.99 Å². The number of benzene rings is 2. The van der Waals surface area contributed by atoms with Crippen LogP contribution in [-0.2, 0) is 0 Å². The Morgan fingerprint density at radius 1 is 0.958 bits per heavy atom. The predicted molar refractivity (Wildman–Crippen MR) is 93.3 cm³/mol. The quantitative estimate of drug-likeness (QED) is 0.748. The van der Waals surface area contributed by atoms with Crippen LogP contribution in [0, 0.1) is 5.82 Å². The van der Waals surface area contributed by atoms with Crippen LogP contribution in [0.15, 0.2) is 41.4 Å². The van der Waals surface area contributed by atoms with Crippen molar-refractivity contribution in [3.8, 4) is 17.2 Å². The predicted octanol–water partition coefficient (Wildman–Crippen LogP) is 4.10. The molecule has 0 radical (unpaired) electrons. The molecule has 0 aliphatic heterocycles. The molecule has 4 nitrogen and oxygen atoms in total. The summed E-state index contributed by atoms with van der Waals surface area (Å²) < 4.78 is 30.6. The number of hydrogen-bond acceptors (Lipinski definition) is 4. The van der Waals surface area contributed by atoms with Crippen LogP contribution in [0.25, 0.3) is 0 Å². The molecule has 0 aromatic heterocycles. The molecule has 2 aromatic carbocycles. The summed E-state index contributed by atoms with van der Waals surface area (Å²) in [6, 6.07) is 10.0. The van der Waals surface area contributed by atoms with E-state index in [1.165, 1.54) is 13.2 Å². The van der Waals surface area contributed by atoms with Crippen LogP contribution in [0.2, 0.25) is 0 Å². The summed E-state index contributed by atoms with van der Waals surface area (Å²) in [6.07, 6.45) is 0. The fourth-order valence-corrected chi connectivity index (χ4v) is 2.43. The lowest BCUT2D eigenvalue weighted by Crippen LogP contribution is -2.12.